The number of halogens is 2. The summed E-state index contributed by atoms with van der Waals surface area (Å²) in [5.74, 6) is -0.0723. The van der Waals surface area contributed by atoms with Crippen LogP contribution in [0.5, 0.6) is 0 Å². The van der Waals surface area contributed by atoms with Gasteiger partial charge in [-0.2, -0.15) is 0 Å². The number of hydrogen-bond donors (Lipinski definition) is 2. The van der Waals surface area contributed by atoms with Gasteiger partial charge in [0.2, 0.25) is 0 Å². The van der Waals surface area contributed by atoms with Crippen molar-refractivity contribution in [3.05, 3.63) is 64.1 Å². The number of rotatable bonds is 6. The topological polar surface area (TPSA) is 33.5 Å². The van der Waals surface area contributed by atoms with Crippen LogP contribution in [-0.2, 0) is 11.3 Å². The van der Waals surface area contributed by atoms with Crippen molar-refractivity contribution in [2.75, 3.05) is 18.4 Å². The third-order valence-electron chi connectivity index (χ3n) is 3.43. The zero-order chi connectivity index (χ0) is 15.9. The molecule has 0 aliphatic carbocycles. The quantitative estimate of drug-likeness (QED) is 0.834. The Morgan fingerprint density at radius 1 is 1.09 bits per heavy atom. The van der Waals surface area contributed by atoms with E-state index < -0.39 is 0 Å². The molecule has 0 aliphatic rings. The average Bonchev–Trinajstić information content (AvgIpc) is 2.52. The zero-order valence-corrected chi connectivity index (χ0v) is 13.9. The van der Waals surface area contributed by atoms with Gasteiger partial charge in [-0.15, -0.1) is 0 Å². The minimum absolute atomic E-state index is 0.0723. The Balaban J connectivity index is 1.96. The zero-order valence-electron chi connectivity index (χ0n) is 12.4. The first-order valence-corrected chi connectivity index (χ1v) is 7.97. The molecule has 0 bridgehead atoms. The highest BCUT2D eigenvalue weighted by molar-refractivity contribution is 6.43. The monoisotopic (exact) mass is 337 g/mol. The van der Waals surface area contributed by atoms with Crippen molar-refractivity contribution in [2.24, 2.45) is 0 Å². The maximum absolute atomic E-state index is 12.2. The smallest absolute Gasteiger partial charge is 0.279 e. The molecule has 0 heterocycles. The van der Waals surface area contributed by atoms with E-state index in [0.717, 1.165) is 13.1 Å². The molecule has 0 aromatic heterocycles. The summed E-state index contributed by atoms with van der Waals surface area (Å²) in [4.78, 5) is 13.4. The van der Waals surface area contributed by atoms with E-state index in [0.29, 0.717) is 22.3 Å². The van der Waals surface area contributed by atoms with Crippen molar-refractivity contribution in [3.63, 3.8) is 0 Å². The Morgan fingerprint density at radius 2 is 1.82 bits per heavy atom. The molecule has 2 aromatic rings. The number of carbonyl (C=O) groups is 1. The lowest BCUT2D eigenvalue weighted by atomic mass is 10.2. The number of nitrogens with one attached hydrogen (secondary N) is 2. The number of likely N-dealkylation sites (N-methyl/N-ethyl adjacent to an activating group) is 1. The largest absolute Gasteiger partial charge is 0.324 e. The Morgan fingerprint density at radius 3 is 2.50 bits per heavy atom. The van der Waals surface area contributed by atoms with Crippen LogP contribution in [0.25, 0.3) is 0 Å². The van der Waals surface area contributed by atoms with E-state index in [2.05, 4.69) is 24.4 Å². The lowest BCUT2D eigenvalue weighted by Gasteiger charge is -2.17. The summed E-state index contributed by atoms with van der Waals surface area (Å²) in [7, 11) is 0. The Bertz CT molecular complexity index is 632. The maximum atomic E-state index is 12.2. The fourth-order valence-electron chi connectivity index (χ4n) is 2.22. The van der Waals surface area contributed by atoms with Gasteiger partial charge in [0.1, 0.15) is 6.54 Å². The molecule has 0 radical (unpaired) electrons. The van der Waals surface area contributed by atoms with Crippen LogP contribution in [0.1, 0.15) is 12.5 Å². The number of anilines is 1. The predicted octanol–water partition coefficient (Wildman–Crippen LogP) is 3.04. The highest BCUT2D eigenvalue weighted by atomic mass is 35.5. The van der Waals surface area contributed by atoms with E-state index in [1.165, 1.54) is 10.5 Å². The second kappa shape index (κ2) is 8.18. The van der Waals surface area contributed by atoms with Gasteiger partial charge in [-0.1, -0.05) is 59.6 Å². The number of benzene rings is 2. The van der Waals surface area contributed by atoms with Gasteiger partial charge in [0.15, 0.2) is 6.54 Å². The molecule has 2 N–H and O–H groups in total. The van der Waals surface area contributed by atoms with E-state index in [9.17, 15) is 4.79 Å². The third-order valence-corrected chi connectivity index (χ3v) is 4.25. The Kier molecular flexibility index (Phi) is 6.25. The normalized spacial score (nSPS) is 12.0. The second-order valence-electron chi connectivity index (χ2n) is 5.09. The minimum Gasteiger partial charge on any atom is -0.324 e. The number of quaternary nitrogens is 1. The summed E-state index contributed by atoms with van der Waals surface area (Å²) in [6.07, 6.45) is 0. The second-order valence-corrected chi connectivity index (χ2v) is 5.88. The molecule has 0 saturated heterocycles. The van der Waals surface area contributed by atoms with Crippen LogP contribution in [0.3, 0.4) is 0 Å². The van der Waals surface area contributed by atoms with Gasteiger partial charge in [0.05, 0.1) is 22.3 Å². The molecule has 2 rings (SSSR count). The molecule has 1 unspecified atom stereocenters. The van der Waals surface area contributed by atoms with E-state index >= 15 is 0 Å². The highest BCUT2D eigenvalue weighted by Gasteiger charge is 2.15. The van der Waals surface area contributed by atoms with Crippen molar-refractivity contribution in [2.45, 2.75) is 13.5 Å². The van der Waals surface area contributed by atoms with Crippen LogP contribution >= 0.6 is 23.2 Å². The first-order chi connectivity index (χ1) is 10.6. The van der Waals surface area contributed by atoms with Gasteiger partial charge in [-0.05, 0) is 19.1 Å². The van der Waals surface area contributed by atoms with Crippen molar-refractivity contribution in [1.29, 1.82) is 0 Å². The van der Waals surface area contributed by atoms with E-state index in [1.54, 1.807) is 18.2 Å². The summed E-state index contributed by atoms with van der Waals surface area (Å²) in [5.41, 5.74) is 1.77. The molecule has 3 nitrogen and oxygen atoms in total. The van der Waals surface area contributed by atoms with Crippen molar-refractivity contribution >= 4 is 34.8 Å². The van der Waals surface area contributed by atoms with E-state index in [-0.39, 0.29) is 5.91 Å². The van der Waals surface area contributed by atoms with Gasteiger partial charge in [0, 0.05) is 5.56 Å². The summed E-state index contributed by atoms with van der Waals surface area (Å²) < 4.78 is 0. The van der Waals surface area contributed by atoms with Crippen LogP contribution < -0.4 is 10.2 Å². The first kappa shape index (κ1) is 16.8. The molecule has 0 aliphatic heterocycles. The molecule has 5 heteroatoms. The Hall–Kier alpha value is -1.55. The van der Waals surface area contributed by atoms with E-state index in [1.807, 2.05) is 18.2 Å². The summed E-state index contributed by atoms with van der Waals surface area (Å²) in [6, 6.07) is 15.3. The number of hydrogen-bond acceptors (Lipinski definition) is 1. The number of carbonyl (C=O) groups excluding carboxylic acids is 1. The molecule has 0 saturated carbocycles. The van der Waals surface area contributed by atoms with Gasteiger partial charge >= 0.3 is 0 Å². The fraction of sp³-hybridized carbons (Fsp3) is 0.235. The molecule has 0 spiro atoms. The molecule has 0 fully saturated rings. The molecular weight excluding hydrogens is 319 g/mol. The fourth-order valence-corrected chi connectivity index (χ4v) is 2.57. The standard InChI is InChI=1S/C17H18Cl2N2O/c1-2-21(11-13-7-4-3-5-8-13)12-16(22)20-15-10-6-9-14(18)17(15)19/h3-10H,2,11-12H2,1H3,(H,20,22)/p+1. The molecule has 2 aromatic carbocycles. The molecular formula is C17H19Cl2N2O+. The Labute approximate surface area is 140 Å². The number of amides is 1. The lowest BCUT2D eigenvalue weighted by Crippen LogP contribution is -3.11. The third kappa shape index (κ3) is 4.73. The summed E-state index contributed by atoms with van der Waals surface area (Å²) >= 11 is 12.0. The van der Waals surface area contributed by atoms with Gasteiger partial charge in [-0.25, -0.2) is 0 Å². The van der Waals surface area contributed by atoms with Crippen LogP contribution in [0.2, 0.25) is 10.0 Å². The van der Waals surface area contributed by atoms with Gasteiger partial charge < -0.3 is 10.2 Å². The summed E-state index contributed by atoms with van der Waals surface area (Å²) in [5, 5.41) is 3.63. The van der Waals surface area contributed by atoms with Gasteiger partial charge in [0.25, 0.3) is 5.91 Å². The van der Waals surface area contributed by atoms with Crippen LogP contribution in [0.4, 0.5) is 5.69 Å². The van der Waals surface area contributed by atoms with Crippen LogP contribution in [0.15, 0.2) is 48.5 Å². The maximum Gasteiger partial charge on any atom is 0.279 e. The van der Waals surface area contributed by atoms with Crippen molar-refractivity contribution in [3.8, 4) is 0 Å². The van der Waals surface area contributed by atoms with E-state index in [4.69, 9.17) is 23.2 Å². The van der Waals surface area contributed by atoms with Gasteiger partial charge in [-0.3, -0.25) is 4.79 Å². The molecule has 1 atom stereocenters. The highest BCUT2D eigenvalue weighted by Crippen LogP contribution is 2.29. The lowest BCUT2D eigenvalue weighted by molar-refractivity contribution is -0.903. The summed E-state index contributed by atoms with van der Waals surface area (Å²) in [6.45, 7) is 4.13. The SMILES string of the molecule is CC[NH+](CC(=O)Nc1cccc(Cl)c1Cl)Cc1ccccc1. The minimum atomic E-state index is -0.0723. The molecule has 116 valence electrons. The average molecular weight is 338 g/mol. The van der Waals surface area contributed by atoms with Crippen LogP contribution in [-0.4, -0.2) is 19.0 Å². The van der Waals surface area contributed by atoms with Crippen molar-refractivity contribution < 1.29 is 9.69 Å². The first-order valence-electron chi connectivity index (χ1n) is 7.21. The van der Waals surface area contributed by atoms with Crippen molar-refractivity contribution in [1.82, 2.24) is 0 Å². The predicted molar refractivity (Wildman–Crippen MR) is 91.6 cm³/mol. The molecule has 1 amide bonds. The van der Waals surface area contributed by atoms with Crippen LogP contribution in [0, 0.1) is 0 Å². The molecule has 22 heavy (non-hydrogen) atoms.